The third-order valence-electron chi connectivity index (χ3n) is 2.59. The summed E-state index contributed by atoms with van der Waals surface area (Å²) in [6.07, 6.45) is 4.85. The van der Waals surface area contributed by atoms with Gasteiger partial charge in [0.05, 0.1) is 6.04 Å². The number of nitrogens with one attached hydrogen (secondary N) is 1. The molecule has 1 atom stereocenters. The Morgan fingerprint density at radius 2 is 2.06 bits per heavy atom. The summed E-state index contributed by atoms with van der Waals surface area (Å²) in [6.45, 7) is 2.71. The second-order valence-corrected chi connectivity index (χ2v) is 4.74. The molecule has 94 valence electrons. The van der Waals surface area contributed by atoms with Crippen LogP contribution in [0.3, 0.4) is 0 Å². The van der Waals surface area contributed by atoms with E-state index in [2.05, 4.69) is 31.2 Å². The van der Waals surface area contributed by atoms with Gasteiger partial charge in [-0.25, -0.2) is 14.4 Å². The van der Waals surface area contributed by atoms with Crippen LogP contribution in [-0.4, -0.2) is 16.5 Å². The van der Waals surface area contributed by atoms with Crippen molar-refractivity contribution < 1.29 is 4.39 Å². The van der Waals surface area contributed by atoms with Gasteiger partial charge in [-0.1, -0.05) is 22.9 Å². The van der Waals surface area contributed by atoms with E-state index in [4.69, 9.17) is 0 Å². The Hall–Kier alpha value is -1.33. The third kappa shape index (κ3) is 2.91. The van der Waals surface area contributed by atoms with Crippen molar-refractivity contribution >= 4 is 15.9 Å². The fraction of sp³-hybridized carbons (Fsp3) is 0.231. The smallest absolute Gasteiger partial charge is 0.128 e. The predicted molar refractivity (Wildman–Crippen MR) is 71.7 cm³/mol. The number of halogens is 2. The number of hydrogen-bond donors (Lipinski definition) is 1. The quantitative estimate of drug-likeness (QED) is 0.943. The summed E-state index contributed by atoms with van der Waals surface area (Å²) in [7, 11) is 0. The lowest BCUT2D eigenvalue weighted by atomic mass is 10.0. The molecular formula is C13H13BrFN3. The largest absolute Gasteiger partial charge is 0.306 e. The molecule has 2 rings (SSSR count). The summed E-state index contributed by atoms with van der Waals surface area (Å²) in [5.74, 6) is -0.243. The van der Waals surface area contributed by atoms with Gasteiger partial charge >= 0.3 is 0 Å². The Balaban J connectivity index is 2.44. The molecule has 1 unspecified atom stereocenters. The van der Waals surface area contributed by atoms with E-state index in [-0.39, 0.29) is 11.9 Å². The zero-order valence-corrected chi connectivity index (χ0v) is 11.5. The van der Waals surface area contributed by atoms with Gasteiger partial charge in [0, 0.05) is 28.0 Å². The van der Waals surface area contributed by atoms with Crippen LogP contribution in [0.25, 0.3) is 0 Å². The van der Waals surface area contributed by atoms with Gasteiger partial charge in [-0.3, -0.25) is 0 Å². The molecule has 0 spiro atoms. The molecule has 1 heterocycles. The molecule has 18 heavy (non-hydrogen) atoms. The maximum atomic E-state index is 13.9. The Morgan fingerprint density at radius 1 is 1.33 bits per heavy atom. The van der Waals surface area contributed by atoms with E-state index in [9.17, 15) is 4.39 Å². The summed E-state index contributed by atoms with van der Waals surface area (Å²) >= 11 is 3.36. The van der Waals surface area contributed by atoms with Crippen LogP contribution in [0, 0.1) is 5.82 Å². The average molecular weight is 310 g/mol. The standard InChI is InChI=1S/C13H13BrFN3/c1-2-18-13(9-6-16-8-17-7-9)11-5-10(14)3-4-12(11)15/h3-8,13,18H,2H2,1H3. The summed E-state index contributed by atoms with van der Waals surface area (Å²) in [5.41, 5.74) is 1.43. The first-order valence-corrected chi connectivity index (χ1v) is 6.45. The Morgan fingerprint density at radius 3 is 2.72 bits per heavy atom. The highest BCUT2D eigenvalue weighted by atomic mass is 79.9. The van der Waals surface area contributed by atoms with Crippen molar-refractivity contribution in [1.82, 2.24) is 15.3 Å². The number of nitrogens with zero attached hydrogens (tertiary/aromatic N) is 2. The van der Waals surface area contributed by atoms with Gasteiger partial charge < -0.3 is 5.32 Å². The summed E-state index contributed by atoms with van der Waals surface area (Å²) in [5, 5.41) is 3.24. The lowest BCUT2D eigenvalue weighted by molar-refractivity contribution is 0.556. The van der Waals surface area contributed by atoms with E-state index in [0.29, 0.717) is 5.56 Å². The number of rotatable bonds is 4. The molecule has 0 saturated carbocycles. The maximum absolute atomic E-state index is 13.9. The molecule has 1 aromatic carbocycles. The number of hydrogen-bond acceptors (Lipinski definition) is 3. The first-order valence-electron chi connectivity index (χ1n) is 5.65. The van der Waals surface area contributed by atoms with Crippen molar-refractivity contribution in [2.45, 2.75) is 13.0 Å². The van der Waals surface area contributed by atoms with E-state index in [1.165, 1.54) is 12.4 Å². The number of benzene rings is 1. The van der Waals surface area contributed by atoms with Crippen LogP contribution in [0.4, 0.5) is 4.39 Å². The van der Waals surface area contributed by atoms with Crippen molar-refractivity contribution in [1.29, 1.82) is 0 Å². The van der Waals surface area contributed by atoms with Crippen molar-refractivity contribution in [2.24, 2.45) is 0 Å². The van der Waals surface area contributed by atoms with Crippen molar-refractivity contribution in [3.63, 3.8) is 0 Å². The van der Waals surface area contributed by atoms with E-state index < -0.39 is 0 Å². The lowest BCUT2D eigenvalue weighted by Gasteiger charge is -2.19. The van der Waals surface area contributed by atoms with Crippen molar-refractivity contribution in [3.05, 3.63) is 58.3 Å². The average Bonchev–Trinajstić information content (AvgIpc) is 2.40. The molecule has 2 aromatic rings. The summed E-state index contributed by atoms with van der Waals surface area (Å²) in [4.78, 5) is 7.96. The lowest BCUT2D eigenvalue weighted by Crippen LogP contribution is -2.23. The minimum atomic E-state index is -0.243. The molecule has 0 fully saturated rings. The van der Waals surface area contributed by atoms with E-state index in [0.717, 1.165) is 16.6 Å². The Kier molecular flexibility index (Phi) is 4.38. The molecule has 0 amide bonds. The minimum Gasteiger partial charge on any atom is -0.306 e. The number of aromatic nitrogens is 2. The first-order chi connectivity index (χ1) is 8.72. The summed E-state index contributed by atoms with van der Waals surface area (Å²) < 4.78 is 14.8. The zero-order valence-electron chi connectivity index (χ0n) is 9.90. The van der Waals surface area contributed by atoms with Crippen LogP contribution in [0.15, 0.2) is 41.4 Å². The molecule has 0 radical (unpaired) electrons. The van der Waals surface area contributed by atoms with Gasteiger partial charge in [0.2, 0.25) is 0 Å². The highest BCUT2D eigenvalue weighted by Gasteiger charge is 2.17. The minimum absolute atomic E-state index is 0.242. The normalized spacial score (nSPS) is 12.4. The SMILES string of the molecule is CCNC(c1cncnc1)c1cc(Br)ccc1F. The summed E-state index contributed by atoms with van der Waals surface area (Å²) in [6, 6.07) is 4.67. The molecule has 3 nitrogen and oxygen atoms in total. The predicted octanol–water partition coefficient (Wildman–Crippen LogP) is 3.08. The molecule has 0 bridgehead atoms. The van der Waals surface area contributed by atoms with Gasteiger partial charge in [-0.05, 0) is 24.7 Å². The molecule has 0 aliphatic carbocycles. The Labute approximate surface area is 114 Å². The van der Waals surface area contributed by atoms with Gasteiger partial charge in [0.15, 0.2) is 0 Å². The first kappa shape index (κ1) is 13.1. The Bertz CT molecular complexity index is 519. The van der Waals surface area contributed by atoms with Gasteiger partial charge in [0.25, 0.3) is 0 Å². The third-order valence-corrected chi connectivity index (χ3v) is 3.08. The molecule has 1 aromatic heterocycles. The monoisotopic (exact) mass is 309 g/mol. The fourth-order valence-electron chi connectivity index (χ4n) is 1.81. The van der Waals surface area contributed by atoms with Crippen molar-refractivity contribution in [2.75, 3.05) is 6.54 Å². The van der Waals surface area contributed by atoms with Crippen LogP contribution >= 0.6 is 15.9 Å². The molecule has 5 heteroatoms. The molecule has 0 aliphatic heterocycles. The fourth-order valence-corrected chi connectivity index (χ4v) is 2.19. The zero-order chi connectivity index (χ0) is 13.0. The van der Waals surface area contributed by atoms with Crippen LogP contribution in [0.2, 0.25) is 0 Å². The highest BCUT2D eigenvalue weighted by molar-refractivity contribution is 9.10. The molecule has 0 saturated heterocycles. The van der Waals surface area contributed by atoms with Gasteiger partial charge in [-0.2, -0.15) is 0 Å². The van der Waals surface area contributed by atoms with Crippen LogP contribution < -0.4 is 5.32 Å². The van der Waals surface area contributed by atoms with E-state index in [1.54, 1.807) is 24.5 Å². The molecular weight excluding hydrogens is 297 g/mol. The van der Waals surface area contributed by atoms with Crippen molar-refractivity contribution in [3.8, 4) is 0 Å². The van der Waals surface area contributed by atoms with Crippen LogP contribution in [-0.2, 0) is 0 Å². The topological polar surface area (TPSA) is 37.8 Å². The second-order valence-electron chi connectivity index (χ2n) is 3.83. The van der Waals surface area contributed by atoms with Crippen LogP contribution in [0.5, 0.6) is 0 Å². The van der Waals surface area contributed by atoms with E-state index in [1.807, 2.05) is 6.92 Å². The van der Waals surface area contributed by atoms with Gasteiger partial charge in [0.1, 0.15) is 12.1 Å². The molecule has 1 N–H and O–H groups in total. The van der Waals surface area contributed by atoms with E-state index >= 15 is 0 Å². The maximum Gasteiger partial charge on any atom is 0.128 e. The molecule has 0 aliphatic rings. The highest BCUT2D eigenvalue weighted by Crippen LogP contribution is 2.26. The van der Waals surface area contributed by atoms with Gasteiger partial charge in [-0.15, -0.1) is 0 Å². The van der Waals surface area contributed by atoms with Crippen LogP contribution in [0.1, 0.15) is 24.1 Å². The second kappa shape index (κ2) is 6.02.